The van der Waals surface area contributed by atoms with E-state index in [9.17, 15) is 4.79 Å². The number of halogens is 1. The molecular formula is C7H13IO2. The zero-order valence-electron chi connectivity index (χ0n) is 6.39. The third-order valence-corrected chi connectivity index (χ3v) is 2.45. The van der Waals surface area contributed by atoms with Crippen LogP contribution >= 0.6 is 22.6 Å². The maximum absolute atomic E-state index is 10.9. The standard InChI is InChI=1S/C7H13IO2/c1-3-5-10-7(9)6(8)4-2/h6H,3-5H2,1-2H3. The van der Waals surface area contributed by atoms with E-state index in [1.54, 1.807) is 0 Å². The first-order valence-corrected chi connectivity index (χ1v) is 4.77. The monoisotopic (exact) mass is 256 g/mol. The van der Waals surface area contributed by atoms with E-state index >= 15 is 0 Å². The topological polar surface area (TPSA) is 26.3 Å². The first-order valence-electron chi connectivity index (χ1n) is 3.53. The third-order valence-electron chi connectivity index (χ3n) is 1.06. The van der Waals surface area contributed by atoms with Gasteiger partial charge in [0.15, 0.2) is 0 Å². The molecule has 0 aliphatic carbocycles. The van der Waals surface area contributed by atoms with Gasteiger partial charge in [-0.05, 0) is 12.8 Å². The van der Waals surface area contributed by atoms with Crippen molar-refractivity contribution in [2.24, 2.45) is 0 Å². The molecule has 0 aliphatic heterocycles. The molecule has 0 spiro atoms. The zero-order valence-corrected chi connectivity index (χ0v) is 8.55. The molecule has 10 heavy (non-hydrogen) atoms. The van der Waals surface area contributed by atoms with E-state index < -0.39 is 0 Å². The summed E-state index contributed by atoms with van der Waals surface area (Å²) in [6, 6.07) is 0. The number of rotatable bonds is 4. The fourth-order valence-corrected chi connectivity index (χ4v) is 0.640. The Kier molecular flexibility index (Phi) is 6.06. The van der Waals surface area contributed by atoms with Crippen LogP contribution in [0.2, 0.25) is 0 Å². The van der Waals surface area contributed by atoms with Crippen LogP contribution in [0.4, 0.5) is 0 Å². The molecule has 0 fully saturated rings. The second kappa shape index (κ2) is 5.95. The molecule has 3 heteroatoms. The number of hydrogen-bond donors (Lipinski definition) is 0. The first kappa shape index (κ1) is 10.2. The van der Waals surface area contributed by atoms with Gasteiger partial charge in [-0.2, -0.15) is 0 Å². The minimum absolute atomic E-state index is 0.0316. The molecular weight excluding hydrogens is 243 g/mol. The number of ether oxygens (including phenoxy) is 1. The first-order chi connectivity index (χ1) is 4.72. The van der Waals surface area contributed by atoms with E-state index in [4.69, 9.17) is 4.74 Å². The van der Waals surface area contributed by atoms with Crippen LogP contribution in [0.3, 0.4) is 0 Å². The maximum Gasteiger partial charge on any atom is 0.318 e. The average molecular weight is 256 g/mol. The lowest BCUT2D eigenvalue weighted by atomic mass is 10.3. The lowest BCUT2D eigenvalue weighted by Crippen LogP contribution is -2.16. The molecule has 0 aliphatic rings. The molecule has 0 aromatic rings. The van der Waals surface area contributed by atoms with Crippen LogP contribution < -0.4 is 0 Å². The molecule has 0 radical (unpaired) electrons. The predicted molar refractivity (Wildman–Crippen MR) is 49.3 cm³/mol. The van der Waals surface area contributed by atoms with Gasteiger partial charge in [-0.1, -0.05) is 36.4 Å². The Hall–Kier alpha value is 0.200. The van der Waals surface area contributed by atoms with Crippen molar-refractivity contribution in [1.82, 2.24) is 0 Å². The minimum Gasteiger partial charge on any atom is -0.465 e. The second-order valence-electron chi connectivity index (χ2n) is 2.04. The Balaban J connectivity index is 3.42. The van der Waals surface area contributed by atoms with Crippen LogP contribution in [0.15, 0.2) is 0 Å². The van der Waals surface area contributed by atoms with Crippen LogP contribution in [0, 0.1) is 0 Å². The molecule has 0 rings (SSSR count). The predicted octanol–water partition coefficient (Wildman–Crippen LogP) is 2.15. The normalized spacial score (nSPS) is 12.7. The lowest BCUT2D eigenvalue weighted by Gasteiger charge is -2.05. The highest BCUT2D eigenvalue weighted by atomic mass is 127. The van der Waals surface area contributed by atoms with Crippen molar-refractivity contribution >= 4 is 28.6 Å². The molecule has 0 N–H and O–H groups in total. The Morgan fingerprint density at radius 3 is 2.60 bits per heavy atom. The fourth-order valence-electron chi connectivity index (χ4n) is 0.460. The number of esters is 1. The van der Waals surface area contributed by atoms with Crippen molar-refractivity contribution in [3.63, 3.8) is 0 Å². The van der Waals surface area contributed by atoms with Gasteiger partial charge in [-0.25, -0.2) is 0 Å². The van der Waals surface area contributed by atoms with Crippen molar-refractivity contribution in [3.8, 4) is 0 Å². The van der Waals surface area contributed by atoms with Crippen LogP contribution in [-0.4, -0.2) is 16.5 Å². The molecule has 60 valence electrons. The van der Waals surface area contributed by atoms with Gasteiger partial charge < -0.3 is 4.74 Å². The van der Waals surface area contributed by atoms with E-state index in [0.717, 1.165) is 12.8 Å². The Morgan fingerprint density at radius 1 is 1.60 bits per heavy atom. The fraction of sp³-hybridized carbons (Fsp3) is 0.857. The van der Waals surface area contributed by atoms with Crippen LogP contribution in [0.5, 0.6) is 0 Å². The summed E-state index contributed by atoms with van der Waals surface area (Å²) in [7, 11) is 0. The second-order valence-corrected chi connectivity index (χ2v) is 3.55. The maximum atomic E-state index is 10.9. The summed E-state index contributed by atoms with van der Waals surface area (Å²) in [5.74, 6) is -0.0787. The highest BCUT2D eigenvalue weighted by Crippen LogP contribution is 2.06. The van der Waals surface area contributed by atoms with Gasteiger partial charge in [0.2, 0.25) is 0 Å². The smallest absolute Gasteiger partial charge is 0.318 e. The molecule has 0 heterocycles. The van der Waals surface area contributed by atoms with E-state index in [1.807, 2.05) is 13.8 Å². The summed E-state index contributed by atoms with van der Waals surface area (Å²) >= 11 is 2.10. The summed E-state index contributed by atoms with van der Waals surface area (Å²) in [6.45, 7) is 4.52. The Morgan fingerprint density at radius 2 is 2.20 bits per heavy atom. The van der Waals surface area contributed by atoms with Gasteiger partial charge in [0.25, 0.3) is 0 Å². The van der Waals surface area contributed by atoms with E-state index in [2.05, 4.69) is 22.6 Å². The van der Waals surface area contributed by atoms with Crippen molar-refractivity contribution in [2.75, 3.05) is 6.61 Å². The summed E-state index contributed by atoms with van der Waals surface area (Å²) in [6.07, 6.45) is 1.75. The Bertz CT molecular complexity index is 104. The summed E-state index contributed by atoms with van der Waals surface area (Å²) < 4.78 is 4.93. The molecule has 1 unspecified atom stereocenters. The SMILES string of the molecule is CCCOC(=O)C(I)CC. The van der Waals surface area contributed by atoms with Crippen molar-refractivity contribution in [3.05, 3.63) is 0 Å². The van der Waals surface area contributed by atoms with Gasteiger partial charge in [0.1, 0.15) is 3.92 Å². The van der Waals surface area contributed by atoms with Gasteiger partial charge in [-0.3, -0.25) is 4.79 Å². The summed E-state index contributed by atoms with van der Waals surface area (Å²) in [5, 5.41) is 0. The molecule has 0 aromatic heterocycles. The number of alkyl halides is 1. The van der Waals surface area contributed by atoms with E-state index in [-0.39, 0.29) is 9.89 Å². The van der Waals surface area contributed by atoms with Gasteiger partial charge in [0.05, 0.1) is 6.61 Å². The lowest BCUT2D eigenvalue weighted by molar-refractivity contribution is -0.142. The van der Waals surface area contributed by atoms with Crippen LogP contribution in [0.1, 0.15) is 26.7 Å². The summed E-state index contributed by atoms with van der Waals surface area (Å²) in [4.78, 5) is 10.9. The number of hydrogen-bond acceptors (Lipinski definition) is 2. The van der Waals surface area contributed by atoms with Crippen molar-refractivity contribution in [2.45, 2.75) is 30.6 Å². The van der Waals surface area contributed by atoms with Crippen molar-refractivity contribution < 1.29 is 9.53 Å². The molecule has 0 amide bonds. The zero-order chi connectivity index (χ0) is 7.98. The molecule has 0 saturated heterocycles. The molecule has 2 nitrogen and oxygen atoms in total. The molecule has 1 atom stereocenters. The minimum atomic E-state index is -0.0787. The molecule has 0 bridgehead atoms. The van der Waals surface area contributed by atoms with Crippen molar-refractivity contribution in [1.29, 1.82) is 0 Å². The van der Waals surface area contributed by atoms with Gasteiger partial charge in [0, 0.05) is 0 Å². The van der Waals surface area contributed by atoms with E-state index in [1.165, 1.54) is 0 Å². The van der Waals surface area contributed by atoms with Crippen LogP contribution in [0.25, 0.3) is 0 Å². The van der Waals surface area contributed by atoms with Crippen LogP contribution in [-0.2, 0) is 9.53 Å². The van der Waals surface area contributed by atoms with Gasteiger partial charge in [-0.15, -0.1) is 0 Å². The highest BCUT2D eigenvalue weighted by Gasteiger charge is 2.12. The Labute approximate surface area is 75.5 Å². The molecule has 0 saturated carbocycles. The van der Waals surface area contributed by atoms with E-state index in [0.29, 0.717) is 6.61 Å². The number of carbonyl (C=O) groups is 1. The molecule has 0 aromatic carbocycles. The van der Waals surface area contributed by atoms with Gasteiger partial charge >= 0.3 is 5.97 Å². The average Bonchev–Trinajstić information content (AvgIpc) is 1.98. The largest absolute Gasteiger partial charge is 0.465 e. The number of carbonyl (C=O) groups excluding carboxylic acids is 1. The quantitative estimate of drug-likeness (QED) is 0.437. The highest BCUT2D eigenvalue weighted by molar-refractivity contribution is 14.1. The summed E-state index contributed by atoms with van der Waals surface area (Å²) in [5.41, 5.74) is 0. The third kappa shape index (κ3) is 4.09.